The number of hydrogen-bond donors (Lipinski definition) is 1. The number of amides is 1. The van der Waals surface area contributed by atoms with Crippen LogP contribution in [0.1, 0.15) is 41.6 Å². The van der Waals surface area contributed by atoms with Crippen LogP contribution in [0, 0.1) is 0 Å². The van der Waals surface area contributed by atoms with Gasteiger partial charge in [0.2, 0.25) is 0 Å². The van der Waals surface area contributed by atoms with E-state index in [1.165, 1.54) is 15.9 Å². The number of alkyl halides is 3. The summed E-state index contributed by atoms with van der Waals surface area (Å²) < 4.78 is 65.3. The third kappa shape index (κ3) is 4.91. The standard InChI is InChI=1S/C18H16BrClF3N3O3S2/c1-2-3-7-13-24-16(20)15(17(27)25-31(28,29)18(21,22)23)26(13)8-10-9-30-12-6-4-5-11(19)14(10)12/h4-6,9H,2-3,7-8H2,1H3,(H,25,27). The number of nitrogens with one attached hydrogen (secondary N) is 1. The minimum atomic E-state index is -5.89. The van der Waals surface area contributed by atoms with Gasteiger partial charge in [0.15, 0.2) is 5.15 Å². The molecule has 1 aromatic carbocycles. The Morgan fingerprint density at radius 3 is 2.71 bits per heavy atom. The number of sulfonamides is 1. The number of carbonyl (C=O) groups excluding carboxylic acids is 1. The third-order valence-electron chi connectivity index (χ3n) is 4.46. The summed E-state index contributed by atoms with van der Waals surface area (Å²) in [6.07, 6.45) is 1.92. The van der Waals surface area contributed by atoms with E-state index in [1.807, 2.05) is 30.5 Å². The lowest BCUT2D eigenvalue weighted by Gasteiger charge is -2.13. The molecule has 0 fully saturated rings. The second-order valence-electron chi connectivity index (χ2n) is 6.61. The molecular formula is C18H16BrClF3N3O3S2. The van der Waals surface area contributed by atoms with Gasteiger partial charge in [-0.3, -0.25) is 4.79 Å². The lowest BCUT2D eigenvalue weighted by atomic mass is 10.1. The monoisotopic (exact) mass is 557 g/mol. The SMILES string of the molecule is CCCCc1nc(Cl)c(C(=O)NS(=O)(=O)C(F)(F)F)n1Cc1csc2cccc(Br)c12. The van der Waals surface area contributed by atoms with Crippen LogP contribution < -0.4 is 4.72 Å². The molecule has 0 bridgehead atoms. The topological polar surface area (TPSA) is 81.1 Å². The maximum Gasteiger partial charge on any atom is 0.516 e. The van der Waals surface area contributed by atoms with Crippen molar-refractivity contribution in [3.63, 3.8) is 0 Å². The highest BCUT2D eigenvalue weighted by molar-refractivity contribution is 9.10. The summed E-state index contributed by atoms with van der Waals surface area (Å²) in [6.45, 7) is 2.03. The Labute approximate surface area is 193 Å². The predicted octanol–water partition coefficient (Wildman–Crippen LogP) is 5.48. The smallest absolute Gasteiger partial charge is 0.318 e. The van der Waals surface area contributed by atoms with Gasteiger partial charge in [-0.25, -0.2) is 9.71 Å². The van der Waals surface area contributed by atoms with Gasteiger partial charge in [0.1, 0.15) is 11.5 Å². The van der Waals surface area contributed by atoms with Crippen molar-refractivity contribution in [1.29, 1.82) is 0 Å². The largest absolute Gasteiger partial charge is 0.516 e. The minimum Gasteiger partial charge on any atom is -0.318 e. The molecule has 2 aromatic heterocycles. The first-order valence-corrected chi connectivity index (χ1v) is 12.5. The number of carbonyl (C=O) groups is 1. The zero-order chi connectivity index (χ0) is 23.0. The Hall–Kier alpha value is -1.63. The van der Waals surface area contributed by atoms with Crippen LogP contribution >= 0.6 is 38.9 Å². The molecule has 0 unspecified atom stereocenters. The van der Waals surface area contributed by atoms with E-state index < -0.39 is 27.1 Å². The zero-order valence-electron chi connectivity index (χ0n) is 16.0. The van der Waals surface area contributed by atoms with Crippen molar-refractivity contribution in [1.82, 2.24) is 14.3 Å². The fourth-order valence-electron chi connectivity index (χ4n) is 3.00. The normalized spacial score (nSPS) is 12.5. The summed E-state index contributed by atoms with van der Waals surface area (Å²) in [6, 6.07) is 5.63. The van der Waals surface area contributed by atoms with Crippen molar-refractivity contribution in [3.05, 3.63) is 50.3 Å². The highest BCUT2D eigenvalue weighted by atomic mass is 79.9. The molecule has 0 saturated heterocycles. The molecule has 0 aliphatic heterocycles. The summed E-state index contributed by atoms with van der Waals surface area (Å²) in [5.41, 5.74) is -5.29. The Kier molecular flexibility index (Phi) is 7.04. The van der Waals surface area contributed by atoms with E-state index in [-0.39, 0.29) is 11.7 Å². The summed E-state index contributed by atoms with van der Waals surface area (Å²) in [7, 11) is -5.89. The first kappa shape index (κ1) is 24.0. The van der Waals surface area contributed by atoms with Gasteiger partial charge in [-0.2, -0.15) is 21.6 Å². The fraction of sp³-hybridized carbons (Fsp3) is 0.333. The van der Waals surface area contributed by atoms with Crippen molar-refractivity contribution in [2.75, 3.05) is 0 Å². The van der Waals surface area contributed by atoms with Crippen molar-refractivity contribution in [3.8, 4) is 0 Å². The van der Waals surface area contributed by atoms with Crippen molar-refractivity contribution >= 4 is 64.9 Å². The molecule has 0 atom stereocenters. The maximum absolute atomic E-state index is 12.7. The van der Waals surface area contributed by atoms with Crippen LogP contribution in [0.5, 0.6) is 0 Å². The molecule has 3 aromatic rings. The number of fused-ring (bicyclic) bond motifs is 1. The second kappa shape index (κ2) is 9.08. The maximum atomic E-state index is 12.7. The quantitative estimate of drug-likeness (QED) is 0.416. The molecule has 0 spiro atoms. The van der Waals surface area contributed by atoms with Gasteiger partial charge in [-0.15, -0.1) is 11.3 Å². The number of nitrogens with zero attached hydrogens (tertiary/aromatic N) is 2. The predicted molar refractivity (Wildman–Crippen MR) is 117 cm³/mol. The van der Waals surface area contributed by atoms with E-state index in [1.54, 1.807) is 0 Å². The van der Waals surface area contributed by atoms with Crippen LogP contribution in [0.15, 0.2) is 28.1 Å². The number of aryl methyl sites for hydroxylation is 1. The molecule has 0 aliphatic rings. The Morgan fingerprint density at radius 2 is 2.06 bits per heavy atom. The number of hydrogen-bond acceptors (Lipinski definition) is 5. The molecule has 2 heterocycles. The van der Waals surface area contributed by atoms with Gasteiger partial charge < -0.3 is 4.57 Å². The van der Waals surface area contributed by atoms with Crippen LogP contribution in [0.4, 0.5) is 13.2 Å². The number of aromatic nitrogens is 2. The molecule has 0 radical (unpaired) electrons. The molecule has 168 valence electrons. The van der Waals surface area contributed by atoms with Gasteiger partial charge in [0.05, 0.1) is 6.54 Å². The van der Waals surface area contributed by atoms with Crippen LogP contribution in [0.2, 0.25) is 5.15 Å². The van der Waals surface area contributed by atoms with Crippen molar-refractivity contribution in [2.24, 2.45) is 0 Å². The van der Waals surface area contributed by atoms with Gasteiger partial charge in [0.25, 0.3) is 5.91 Å². The van der Waals surface area contributed by atoms with Crippen molar-refractivity contribution in [2.45, 2.75) is 38.2 Å². The van der Waals surface area contributed by atoms with Gasteiger partial charge in [-0.05, 0) is 29.5 Å². The van der Waals surface area contributed by atoms with Gasteiger partial charge in [0, 0.05) is 21.0 Å². The number of thiophene rings is 1. The van der Waals surface area contributed by atoms with E-state index in [0.717, 1.165) is 31.3 Å². The van der Waals surface area contributed by atoms with E-state index in [4.69, 9.17) is 11.6 Å². The Morgan fingerprint density at radius 1 is 1.35 bits per heavy atom. The molecule has 13 heteroatoms. The molecule has 3 rings (SSSR count). The van der Waals surface area contributed by atoms with E-state index in [2.05, 4.69) is 20.9 Å². The number of imidazole rings is 1. The first-order valence-electron chi connectivity index (χ1n) is 8.99. The number of benzene rings is 1. The highest BCUT2D eigenvalue weighted by Gasteiger charge is 2.47. The lowest BCUT2D eigenvalue weighted by Crippen LogP contribution is -2.41. The van der Waals surface area contributed by atoms with Gasteiger partial charge in [-0.1, -0.05) is 46.9 Å². The molecule has 1 amide bonds. The lowest BCUT2D eigenvalue weighted by molar-refractivity contribution is -0.0446. The zero-order valence-corrected chi connectivity index (χ0v) is 19.9. The Balaban J connectivity index is 2.08. The van der Waals surface area contributed by atoms with Crippen LogP contribution in [0.25, 0.3) is 10.1 Å². The summed E-state index contributed by atoms with van der Waals surface area (Å²) in [5, 5.41) is 2.38. The third-order valence-corrected chi connectivity index (χ3v) is 7.44. The fourth-order valence-corrected chi connectivity index (χ4v) is 5.47. The first-order chi connectivity index (χ1) is 14.5. The molecule has 6 nitrogen and oxygen atoms in total. The highest BCUT2D eigenvalue weighted by Crippen LogP contribution is 2.34. The second-order valence-corrected chi connectivity index (χ2v) is 10.4. The van der Waals surface area contributed by atoms with Gasteiger partial charge >= 0.3 is 15.5 Å². The average molecular weight is 559 g/mol. The molecular weight excluding hydrogens is 543 g/mol. The average Bonchev–Trinajstić information content (AvgIpc) is 3.21. The summed E-state index contributed by atoms with van der Waals surface area (Å²) >= 11 is 11.0. The number of rotatable bonds is 7. The van der Waals surface area contributed by atoms with Crippen LogP contribution in [-0.4, -0.2) is 29.4 Å². The Bertz CT molecular complexity index is 1240. The molecule has 0 aliphatic carbocycles. The number of unbranched alkanes of at least 4 members (excludes halogenated alkanes) is 1. The van der Waals surface area contributed by atoms with E-state index in [9.17, 15) is 26.4 Å². The van der Waals surface area contributed by atoms with E-state index in [0.29, 0.717) is 18.7 Å². The molecule has 0 saturated carbocycles. The summed E-state index contributed by atoms with van der Waals surface area (Å²) in [4.78, 5) is 16.7. The molecule has 31 heavy (non-hydrogen) atoms. The van der Waals surface area contributed by atoms with E-state index >= 15 is 0 Å². The minimum absolute atomic E-state index is 0.0796. The van der Waals surface area contributed by atoms with Crippen LogP contribution in [-0.2, 0) is 23.0 Å². The van der Waals surface area contributed by atoms with Crippen molar-refractivity contribution < 1.29 is 26.4 Å². The molecule has 1 N–H and O–H groups in total. The van der Waals surface area contributed by atoms with Crippen LogP contribution in [0.3, 0.4) is 0 Å². The summed E-state index contributed by atoms with van der Waals surface area (Å²) in [5.74, 6) is -1.11. The number of halogens is 5.